The molecule has 0 atom stereocenters. The number of aromatic nitrogens is 1. The van der Waals surface area contributed by atoms with E-state index in [4.69, 9.17) is 11.6 Å². The molecule has 3 nitrogen and oxygen atoms in total. The van der Waals surface area contributed by atoms with Crippen LogP contribution in [-0.4, -0.2) is 28.5 Å². The fourth-order valence-corrected chi connectivity index (χ4v) is 3.78. The summed E-state index contributed by atoms with van der Waals surface area (Å²) >= 11 is 5.99. The molecule has 1 fully saturated rings. The maximum Gasteiger partial charge on any atom is 0.226 e. The summed E-state index contributed by atoms with van der Waals surface area (Å²) in [5.74, 6) is 0.201. The highest BCUT2D eigenvalue weighted by Crippen LogP contribution is 2.26. The molecule has 0 aliphatic carbocycles. The van der Waals surface area contributed by atoms with Crippen LogP contribution in [-0.2, 0) is 11.2 Å². The number of carbonyl (C=O) groups excluding carboxylic acids is 1. The number of benzene rings is 1. The number of carbonyl (C=O) groups is 1. The predicted octanol–water partition coefficient (Wildman–Crippen LogP) is 4.16. The third-order valence-electron chi connectivity index (χ3n) is 4.75. The standard InChI is InChI=1S/C19H23ClN2O/c1-14-6-7-15(2)22(14)18-8-10-21(11-9-18)19(23)13-16-4-3-5-17(20)12-16/h3-7,12,18H,8-11,13H2,1-2H3. The summed E-state index contributed by atoms with van der Waals surface area (Å²) in [6.45, 7) is 5.98. The molecule has 1 amide bonds. The number of aryl methyl sites for hydroxylation is 2. The highest BCUT2D eigenvalue weighted by Gasteiger charge is 2.24. The van der Waals surface area contributed by atoms with Gasteiger partial charge in [0, 0.05) is 35.5 Å². The largest absolute Gasteiger partial charge is 0.346 e. The first-order chi connectivity index (χ1) is 11.0. The molecule has 1 aliphatic rings. The van der Waals surface area contributed by atoms with Gasteiger partial charge in [-0.1, -0.05) is 23.7 Å². The highest BCUT2D eigenvalue weighted by molar-refractivity contribution is 6.30. The van der Waals surface area contributed by atoms with E-state index in [0.717, 1.165) is 31.5 Å². The molecule has 0 bridgehead atoms. The monoisotopic (exact) mass is 330 g/mol. The zero-order valence-electron chi connectivity index (χ0n) is 13.8. The van der Waals surface area contributed by atoms with Gasteiger partial charge in [-0.2, -0.15) is 0 Å². The quantitative estimate of drug-likeness (QED) is 0.829. The average molecular weight is 331 g/mol. The van der Waals surface area contributed by atoms with Gasteiger partial charge in [0.05, 0.1) is 6.42 Å². The third kappa shape index (κ3) is 3.61. The second kappa shape index (κ2) is 6.79. The summed E-state index contributed by atoms with van der Waals surface area (Å²) < 4.78 is 2.42. The van der Waals surface area contributed by atoms with E-state index < -0.39 is 0 Å². The lowest BCUT2D eigenvalue weighted by atomic mass is 10.0. The van der Waals surface area contributed by atoms with E-state index in [1.807, 2.05) is 29.2 Å². The van der Waals surface area contributed by atoms with Crippen molar-refractivity contribution < 1.29 is 4.79 Å². The minimum absolute atomic E-state index is 0.201. The summed E-state index contributed by atoms with van der Waals surface area (Å²) in [5, 5.41) is 0.688. The normalized spacial score (nSPS) is 15.9. The van der Waals surface area contributed by atoms with Crippen LogP contribution in [0.4, 0.5) is 0 Å². The van der Waals surface area contributed by atoms with Gasteiger partial charge in [0.15, 0.2) is 0 Å². The van der Waals surface area contributed by atoms with Gasteiger partial charge in [-0.3, -0.25) is 4.79 Å². The molecule has 23 heavy (non-hydrogen) atoms. The van der Waals surface area contributed by atoms with Crippen LogP contribution in [0, 0.1) is 13.8 Å². The Labute approximate surface area is 142 Å². The Morgan fingerprint density at radius 1 is 1.13 bits per heavy atom. The van der Waals surface area contributed by atoms with Crippen LogP contribution in [0.25, 0.3) is 0 Å². The van der Waals surface area contributed by atoms with Crippen molar-refractivity contribution in [2.24, 2.45) is 0 Å². The van der Waals surface area contributed by atoms with Gasteiger partial charge < -0.3 is 9.47 Å². The van der Waals surface area contributed by atoms with Crippen LogP contribution in [0.1, 0.15) is 35.8 Å². The molecule has 4 heteroatoms. The van der Waals surface area contributed by atoms with Gasteiger partial charge >= 0.3 is 0 Å². The molecule has 1 aromatic carbocycles. The summed E-state index contributed by atoms with van der Waals surface area (Å²) in [4.78, 5) is 14.5. The fraction of sp³-hybridized carbons (Fsp3) is 0.421. The first-order valence-corrected chi connectivity index (χ1v) is 8.59. The lowest BCUT2D eigenvalue weighted by molar-refractivity contribution is -0.131. The van der Waals surface area contributed by atoms with Crippen LogP contribution in [0.3, 0.4) is 0 Å². The molecule has 0 saturated carbocycles. The smallest absolute Gasteiger partial charge is 0.226 e. The number of halogens is 1. The van der Waals surface area contributed by atoms with Crippen molar-refractivity contribution in [3.63, 3.8) is 0 Å². The maximum absolute atomic E-state index is 12.5. The minimum atomic E-state index is 0.201. The molecule has 3 rings (SSSR count). The summed E-state index contributed by atoms with van der Waals surface area (Å²) in [6, 6.07) is 12.4. The van der Waals surface area contributed by atoms with Crippen molar-refractivity contribution in [1.29, 1.82) is 0 Å². The van der Waals surface area contributed by atoms with Gasteiger partial charge in [0.1, 0.15) is 0 Å². The Kier molecular flexibility index (Phi) is 4.76. The van der Waals surface area contributed by atoms with Crippen LogP contribution in [0.2, 0.25) is 5.02 Å². The molecular formula is C19H23ClN2O. The number of nitrogens with zero attached hydrogens (tertiary/aromatic N) is 2. The molecule has 0 unspecified atom stereocenters. The Morgan fingerprint density at radius 3 is 2.39 bits per heavy atom. The zero-order chi connectivity index (χ0) is 16.4. The van der Waals surface area contributed by atoms with Crippen LogP contribution >= 0.6 is 11.6 Å². The molecule has 2 aromatic rings. The second-order valence-electron chi connectivity index (χ2n) is 6.40. The van der Waals surface area contributed by atoms with Crippen LogP contribution in [0.5, 0.6) is 0 Å². The Morgan fingerprint density at radius 2 is 1.78 bits per heavy atom. The maximum atomic E-state index is 12.5. The van der Waals surface area contributed by atoms with E-state index in [1.54, 1.807) is 0 Å². The van der Waals surface area contributed by atoms with E-state index in [2.05, 4.69) is 30.5 Å². The van der Waals surface area contributed by atoms with E-state index in [-0.39, 0.29) is 5.91 Å². The van der Waals surface area contributed by atoms with Crippen molar-refractivity contribution >= 4 is 17.5 Å². The lowest BCUT2D eigenvalue weighted by Crippen LogP contribution is -2.40. The first kappa shape index (κ1) is 16.1. The van der Waals surface area contributed by atoms with Gasteiger partial charge in [-0.15, -0.1) is 0 Å². The molecule has 0 spiro atoms. The zero-order valence-corrected chi connectivity index (χ0v) is 14.5. The summed E-state index contributed by atoms with van der Waals surface area (Å²) in [5.41, 5.74) is 3.61. The topological polar surface area (TPSA) is 25.2 Å². The third-order valence-corrected chi connectivity index (χ3v) is 4.99. The van der Waals surface area contributed by atoms with E-state index in [9.17, 15) is 4.79 Å². The van der Waals surface area contributed by atoms with Crippen molar-refractivity contribution in [2.45, 2.75) is 39.2 Å². The first-order valence-electron chi connectivity index (χ1n) is 8.21. The van der Waals surface area contributed by atoms with E-state index in [0.29, 0.717) is 17.5 Å². The Bertz CT molecular complexity index is 680. The minimum Gasteiger partial charge on any atom is -0.346 e. The molecule has 2 heterocycles. The molecule has 1 saturated heterocycles. The van der Waals surface area contributed by atoms with Crippen molar-refractivity contribution in [2.75, 3.05) is 13.1 Å². The van der Waals surface area contributed by atoms with E-state index in [1.165, 1.54) is 11.4 Å². The number of rotatable bonds is 3. The number of piperidine rings is 1. The highest BCUT2D eigenvalue weighted by atomic mass is 35.5. The number of hydrogen-bond donors (Lipinski definition) is 0. The van der Waals surface area contributed by atoms with Gasteiger partial charge in [-0.05, 0) is 56.5 Å². The number of amides is 1. The van der Waals surface area contributed by atoms with Gasteiger partial charge in [-0.25, -0.2) is 0 Å². The predicted molar refractivity (Wildman–Crippen MR) is 93.9 cm³/mol. The van der Waals surface area contributed by atoms with Crippen molar-refractivity contribution in [3.05, 3.63) is 58.4 Å². The Hall–Kier alpha value is -1.74. The van der Waals surface area contributed by atoms with Crippen molar-refractivity contribution in [1.82, 2.24) is 9.47 Å². The molecule has 122 valence electrons. The van der Waals surface area contributed by atoms with Crippen LogP contribution in [0.15, 0.2) is 36.4 Å². The molecule has 1 aliphatic heterocycles. The average Bonchev–Trinajstić information content (AvgIpc) is 2.86. The van der Waals surface area contributed by atoms with Gasteiger partial charge in [0.2, 0.25) is 5.91 Å². The van der Waals surface area contributed by atoms with E-state index >= 15 is 0 Å². The molecule has 0 radical (unpaired) electrons. The number of likely N-dealkylation sites (tertiary alicyclic amines) is 1. The summed E-state index contributed by atoms with van der Waals surface area (Å²) in [7, 11) is 0. The molecular weight excluding hydrogens is 308 g/mol. The Balaban J connectivity index is 1.59. The molecule has 0 N–H and O–H groups in total. The lowest BCUT2D eigenvalue weighted by Gasteiger charge is -2.34. The van der Waals surface area contributed by atoms with Gasteiger partial charge in [0.25, 0.3) is 0 Å². The van der Waals surface area contributed by atoms with Crippen molar-refractivity contribution in [3.8, 4) is 0 Å². The fourth-order valence-electron chi connectivity index (χ4n) is 3.56. The molecule has 1 aromatic heterocycles. The SMILES string of the molecule is Cc1ccc(C)n1C1CCN(C(=O)Cc2cccc(Cl)c2)CC1. The second-order valence-corrected chi connectivity index (χ2v) is 6.84. The number of hydrogen-bond acceptors (Lipinski definition) is 1. The van der Waals surface area contributed by atoms with Crippen LogP contribution < -0.4 is 0 Å². The summed E-state index contributed by atoms with van der Waals surface area (Å²) in [6.07, 6.45) is 2.49.